The van der Waals surface area contributed by atoms with Gasteiger partial charge >= 0.3 is 12.0 Å². The number of non-ortho nitro benzene ring substituents is 1. The lowest BCUT2D eigenvalue weighted by molar-refractivity contribution is -0.384. The van der Waals surface area contributed by atoms with Crippen LogP contribution in [0.1, 0.15) is 15.9 Å². The van der Waals surface area contributed by atoms with Crippen LogP contribution in [0, 0.1) is 10.1 Å². The molecule has 122 valence electrons. The standard InChI is InChI=1S/C16H13N3O5/c1-24-15(20)11-5-10(6-13(7-11)19(22)23)9-2-3-14-12(4-9)8-17-16(21)18-14/h2-7H,8H2,1H3,(H2,17,18,21). The summed E-state index contributed by atoms with van der Waals surface area (Å²) in [6, 6.07) is 9.08. The second kappa shape index (κ2) is 5.99. The van der Waals surface area contributed by atoms with E-state index in [0.717, 1.165) is 5.56 Å². The second-order valence-corrected chi connectivity index (χ2v) is 5.20. The summed E-state index contributed by atoms with van der Waals surface area (Å²) in [5.74, 6) is -0.646. The molecule has 1 aliphatic rings. The topological polar surface area (TPSA) is 111 Å². The molecule has 24 heavy (non-hydrogen) atoms. The molecule has 0 saturated carbocycles. The first-order valence-electron chi connectivity index (χ1n) is 7.04. The summed E-state index contributed by atoms with van der Waals surface area (Å²) in [6.07, 6.45) is 0. The fraction of sp³-hybridized carbons (Fsp3) is 0.125. The number of methoxy groups -OCH3 is 1. The van der Waals surface area contributed by atoms with E-state index in [0.29, 0.717) is 23.4 Å². The zero-order chi connectivity index (χ0) is 17.3. The Balaban J connectivity index is 2.08. The predicted molar refractivity (Wildman–Crippen MR) is 85.7 cm³/mol. The number of anilines is 1. The van der Waals surface area contributed by atoms with Crippen LogP contribution in [-0.2, 0) is 11.3 Å². The third-order valence-electron chi connectivity index (χ3n) is 3.68. The zero-order valence-corrected chi connectivity index (χ0v) is 12.7. The number of urea groups is 1. The van der Waals surface area contributed by atoms with Crippen LogP contribution in [0.2, 0.25) is 0 Å². The molecule has 0 radical (unpaired) electrons. The van der Waals surface area contributed by atoms with E-state index in [2.05, 4.69) is 15.4 Å². The Hall–Kier alpha value is -3.42. The van der Waals surface area contributed by atoms with Gasteiger partial charge in [-0.05, 0) is 34.9 Å². The first-order valence-corrected chi connectivity index (χ1v) is 7.04. The number of ether oxygens (including phenoxy) is 1. The normalized spacial score (nSPS) is 12.6. The monoisotopic (exact) mass is 327 g/mol. The molecule has 2 amide bonds. The summed E-state index contributed by atoms with van der Waals surface area (Å²) < 4.78 is 4.65. The van der Waals surface area contributed by atoms with Crippen LogP contribution in [0.4, 0.5) is 16.2 Å². The van der Waals surface area contributed by atoms with E-state index >= 15 is 0 Å². The predicted octanol–water partition coefficient (Wildman–Crippen LogP) is 2.68. The summed E-state index contributed by atoms with van der Waals surface area (Å²) in [4.78, 5) is 33.6. The molecular formula is C16H13N3O5. The van der Waals surface area contributed by atoms with Crippen LogP contribution < -0.4 is 10.6 Å². The molecular weight excluding hydrogens is 314 g/mol. The van der Waals surface area contributed by atoms with Crippen molar-refractivity contribution in [2.24, 2.45) is 0 Å². The molecule has 0 unspecified atom stereocenters. The molecule has 1 heterocycles. The van der Waals surface area contributed by atoms with E-state index in [4.69, 9.17) is 0 Å². The van der Waals surface area contributed by atoms with Gasteiger partial charge in [0.1, 0.15) is 0 Å². The molecule has 0 bridgehead atoms. The van der Waals surface area contributed by atoms with Crippen molar-refractivity contribution < 1.29 is 19.2 Å². The van der Waals surface area contributed by atoms with Gasteiger partial charge in [0.05, 0.1) is 17.6 Å². The van der Waals surface area contributed by atoms with E-state index < -0.39 is 10.9 Å². The van der Waals surface area contributed by atoms with Crippen LogP contribution in [0.3, 0.4) is 0 Å². The Bertz CT molecular complexity index is 863. The van der Waals surface area contributed by atoms with Crippen molar-refractivity contribution in [1.29, 1.82) is 0 Å². The number of benzene rings is 2. The number of carbonyl (C=O) groups excluding carboxylic acids is 2. The first kappa shape index (κ1) is 15.5. The summed E-state index contributed by atoms with van der Waals surface area (Å²) in [6.45, 7) is 0.355. The molecule has 0 saturated heterocycles. The highest BCUT2D eigenvalue weighted by Crippen LogP contribution is 2.30. The highest BCUT2D eigenvalue weighted by molar-refractivity contribution is 5.94. The van der Waals surface area contributed by atoms with Crippen LogP contribution in [0.5, 0.6) is 0 Å². The van der Waals surface area contributed by atoms with Crippen molar-refractivity contribution in [1.82, 2.24) is 5.32 Å². The Morgan fingerprint density at radius 2 is 2.00 bits per heavy atom. The zero-order valence-electron chi connectivity index (χ0n) is 12.7. The number of nitro groups is 1. The van der Waals surface area contributed by atoms with Crippen LogP contribution >= 0.6 is 0 Å². The van der Waals surface area contributed by atoms with Gasteiger partial charge in [-0.15, -0.1) is 0 Å². The number of hydrogen-bond acceptors (Lipinski definition) is 5. The lowest BCUT2D eigenvalue weighted by Gasteiger charge is -2.19. The van der Waals surface area contributed by atoms with Crippen molar-refractivity contribution in [2.45, 2.75) is 6.54 Å². The molecule has 2 aromatic carbocycles. The molecule has 0 aliphatic carbocycles. The molecule has 2 aromatic rings. The van der Waals surface area contributed by atoms with E-state index in [-0.39, 0.29) is 17.3 Å². The fourth-order valence-electron chi connectivity index (χ4n) is 2.50. The van der Waals surface area contributed by atoms with Crippen molar-refractivity contribution in [3.8, 4) is 11.1 Å². The van der Waals surface area contributed by atoms with Gasteiger partial charge in [0.2, 0.25) is 0 Å². The Morgan fingerprint density at radius 1 is 1.21 bits per heavy atom. The number of nitrogens with one attached hydrogen (secondary N) is 2. The van der Waals surface area contributed by atoms with Crippen molar-refractivity contribution >= 4 is 23.4 Å². The van der Waals surface area contributed by atoms with Gasteiger partial charge < -0.3 is 15.4 Å². The quantitative estimate of drug-likeness (QED) is 0.511. The van der Waals surface area contributed by atoms with Gasteiger partial charge in [0.15, 0.2) is 0 Å². The summed E-state index contributed by atoms with van der Waals surface area (Å²) in [5, 5.41) is 16.4. The van der Waals surface area contributed by atoms with Gasteiger partial charge in [0.25, 0.3) is 5.69 Å². The third kappa shape index (κ3) is 2.89. The smallest absolute Gasteiger partial charge is 0.338 e. The highest BCUT2D eigenvalue weighted by atomic mass is 16.6. The van der Waals surface area contributed by atoms with Gasteiger partial charge in [-0.2, -0.15) is 0 Å². The van der Waals surface area contributed by atoms with E-state index in [1.54, 1.807) is 12.1 Å². The van der Waals surface area contributed by atoms with Crippen molar-refractivity contribution in [3.05, 3.63) is 57.6 Å². The Labute approximate surface area is 136 Å². The molecule has 1 aliphatic heterocycles. The average molecular weight is 327 g/mol. The summed E-state index contributed by atoms with van der Waals surface area (Å²) >= 11 is 0. The Kier molecular flexibility index (Phi) is 3.87. The highest BCUT2D eigenvalue weighted by Gasteiger charge is 2.18. The number of nitro benzene ring substituents is 1. The molecule has 0 atom stereocenters. The lowest BCUT2D eigenvalue weighted by Crippen LogP contribution is -2.33. The lowest BCUT2D eigenvalue weighted by atomic mass is 9.98. The minimum atomic E-state index is -0.646. The molecule has 3 rings (SSSR count). The summed E-state index contributed by atoms with van der Waals surface area (Å²) in [7, 11) is 1.22. The number of carbonyl (C=O) groups is 2. The van der Waals surface area contributed by atoms with Crippen molar-refractivity contribution in [2.75, 3.05) is 12.4 Å². The van der Waals surface area contributed by atoms with Gasteiger partial charge in [-0.3, -0.25) is 10.1 Å². The third-order valence-corrected chi connectivity index (χ3v) is 3.68. The van der Waals surface area contributed by atoms with Crippen LogP contribution in [0.25, 0.3) is 11.1 Å². The molecule has 8 nitrogen and oxygen atoms in total. The number of rotatable bonds is 3. The maximum Gasteiger partial charge on any atom is 0.338 e. The maximum absolute atomic E-state index is 11.7. The van der Waals surface area contributed by atoms with Gasteiger partial charge in [-0.1, -0.05) is 6.07 Å². The number of esters is 1. The number of hydrogen-bond donors (Lipinski definition) is 2. The fourth-order valence-corrected chi connectivity index (χ4v) is 2.50. The van der Waals surface area contributed by atoms with Gasteiger partial charge in [0, 0.05) is 24.4 Å². The molecule has 2 N–H and O–H groups in total. The van der Waals surface area contributed by atoms with Crippen LogP contribution in [0.15, 0.2) is 36.4 Å². The molecule has 0 spiro atoms. The van der Waals surface area contributed by atoms with Gasteiger partial charge in [-0.25, -0.2) is 9.59 Å². The number of fused-ring (bicyclic) bond motifs is 1. The average Bonchev–Trinajstić information content (AvgIpc) is 2.60. The Morgan fingerprint density at radius 3 is 2.71 bits per heavy atom. The maximum atomic E-state index is 11.7. The van der Waals surface area contributed by atoms with E-state index in [9.17, 15) is 19.7 Å². The van der Waals surface area contributed by atoms with Crippen molar-refractivity contribution in [3.63, 3.8) is 0 Å². The largest absolute Gasteiger partial charge is 0.465 e. The van der Waals surface area contributed by atoms with E-state index in [1.807, 2.05) is 6.07 Å². The molecule has 8 heteroatoms. The SMILES string of the molecule is COC(=O)c1cc(-c2ccc3c(c2)CNC(=O)N3)cc([N+](=O)[O-])c1. The molecule has 0 aromatic heterocycles. The summed E-state index contributed by atoms with van der Waals surface area (Å²) in [5.41, 5.74) is 2.65. The van der Waals surface area contributed by atoms with Crippen LogP contribution in [-0.4, -0.2) is 24.0 Å². The minimum absolute atomic E-state index is 0.103. The minimum Gasteiger partial charge on any atom is -0.465 e. The molecule has 0 fully saturated rings. The number of amides is 2. The van der Waals surface area contributed by atoms with E-state index in [1.165, 1.54) is 25.3 Å². The first-order chi connectivity index (χ1) is 11.5. The number of nitrogens with zero attached hydrogens (tertiary/aromatic N) is 1. The second-order valence-electron chi connectivity index (χ2n) is 5.20.